The average molecular weight is 893 g/mol. The van der Waals surface area contributed by atoms with Gasteiger partial charge in [-0.05, 0) is 57.2 Å². The maximum Gasteiger partial charge on any atom is 0.328 e. The third-order valence-corrected chi connectivity index (χ3v) is 10.2. The maximum absolute atomic E-state index is 13.9. The number of hydrogen-bond donors (Lipinski definition) is 13. The van der Waals surface area contributed by atoms with Gasteiger partial charge in [-0.3, -0.25) is 43.2 Å². The summed E-state index contributed by atoms with van der Waals surface area (Å²) in [4.78, 5) is 129. The number of carbonyl (C=O) groups excluding carboxylic acids is 9. The van der Waals surface area contributed by atoms with Crippen molar-refractivity contribution in [1.82, 2.24) is 47.4 Å². The highest BCUT2D eigenvalue weighted by atomic mass is 16.4. The first-order chi connectivity index (χ1) is 29.7. The van der Waals surface area contributed by atoms with Gasteiger partial charge < -0.3 is 73.6 Å². The molecule has 0 unspecified atom stereocenters. The van der Waals surface area contributed by atoms with Crippen LogP contribution >= 0.6 is 0 Å². The highest BCUT2D eigenvalue weighted by molar-refractivity contribution is 5.98. The molecule has 0 radical (unpaired) electrons. The van der Waals surface area contributed by atoms with E-state index in [-0.39, 0.29) is 18.7 Å². The molecule has 1 aliphatic heterocycles. The van der Waals surface area contributed by atoms with Crippen molar-refractivity contribution in [3.05, 3.63) is 29.8 Å². The summed E-state index contributed by atoms with van der Waals surface area (Å²) in [6.07, 6.45) is 1.11. The third-order valence-electron chi connectivity index (χ3n) is 10.2. The van der Waals surface area contributed by atoms with E-state index in [0.29, 0.717) is 31.4 Å². The summed E-state index contributed by atoms with van der Waals surface area (Å²) >= 11 is 0. The van der Waals surface area contributed by atoms with Crippen molar-refractivity contribution in [1.29, 1.82) is 0 Å². The Morgan fingerprint density at radius 3 is 1.81 bits per heavy atom. The van der Waals surface area contributed by atoms with Crippen LogP contribution in [0.4, 0.5) is 0 Å². The molecule has 1 fully saturated rings. The summed E-state index contributed by atoms with van der Waals surface area (Å²) in [5, 5.41) is 56.8. The van der Waals surface area contributed by atoms with Gasteiger partial charge in [-0.2, -0.15) is 0 Å². The van der Waals surface area contributed by atoms with Crippen molar-refractivity contribution in [2.75, 3.05) is 32.8 Å². The molecule has 9 amide bonds. The normalized spacial score (nSPS) is 17.1. The number of aromatic hydroxyl groups is 1. The second-order valence-electron chi connectivity index (χ2n) is 15.0. The molecule has 1 aromatic carbocycles. The lowest BCUT2D eigenvalue weighted by Gasteiger charge is -2.29. The van der Waals surface area contributed by atoms with Gasteiger partial charge in [0.05, 0.1) is 26.3 Å². The molecule has 1 heterocycles. The molecule has 1 aromatic rings. The molecule has 1 aliphatic rings. The molecule has 14 N–H and O–H groups in total. The van der Waals surface area contributed by atoms with E-state index in [4.69, 9.17) is 15.9 Å². The van der Waals surface area contributed by atoms with E-state index >= 15 is 0 Å². The van der Waals surface area contributed by atoms with Gasteiger partial charge in [0, 0.05) is 13.0 Å². The first-order valence-corrected chi connectivity index (χ1v) is 20.3. The van der Waals surface area contributed by atoms with Crippen molar-refractivity contribution in [2.24, 2.45) is 11.7 Å². The predicted octanol–water partition coefficient (Wildman–Crippen LogP) is -5.43. The third kappa shape index (κ3) is 16.4. The van der Waals surface area contributed by atoms with Crippen LogP contribution in [0.3, 0.4) is 0 Å². The van der Waals surface area contributed by atoms with Crippen molar-refractivity contribution >= 4 is 59.1 Å². The summed E-state index contributed by atoms with van der Waals surface area (Å²) in [5.41, 5.74) is 5.93. The van der Waals surface area contributed by atoms with E-state index in [1.807, 2.05) is 5.32 Å². The lowest BCUT2D eigenvalue weighted by Crippen LogP contribution is -2.61. The number of carbonyl (C=O) groups is 10. The van der Waals surface area contributed by atoms with Crippen LogP contribution in [0, 0.1) is 5.92 Å². The Kier molecular flexibility index (Phi) is 21.4. The van der Waals surface area contributed by atoms with Gasteiger partial charge in [0.1, 0.15) is 54.1 Å². The van der Waals surface area contributed by atoms with Gasteiger partial charge in [0.25, 0.3) is 0 Å². The number of hydrogen-bond acceptors (Lipinski definition) is 14. The number of likely N-dealkylation sites (tertiary alicyclic amines) is 1. The second kappa shape index (κ2) is 25.5. The van der Waals surface area contributed by atoms with Gasteiger partial charge in [-0.25, -0.2) is 4.79 Å². The molecule has 63 heavy (non-hydrogen) atoms. The second-order valence-corrected chi connectivity index (χ2v) is 15.0. The lowest BCUT2D eigenvalue weighted by atomic mass is 9.96. The summed E-state index contributed by atoms with van der Waals surface area (Å²) in [7, 11) is 0. The minimum Gasteiger partial charge on any atom is -0.508 e. The number of nitrogens with two attached hydrogens (primary N) is 1. The van der Waals surface area contributed by atoms with Crippen molar-refractivity contribution in [3.8, 4) is 5.75 Å². The number of aliphatic carboxylic acids is 1. The standard InChI is InChI=1S/C39H60N10O14/c1-6-19(2)31(38(61)47-26(17-50)36(59)43-20(3)32(55)41-16-29(53)45-27(18-51)39(62)63)48-35(58)25(14-23-9-11-24(52)12-10-23)46-34(57)22(5)42-33(56)21(4)44-37(60)28-8-7-13-49(28)30(54)15-40/h9-12,19-22,25-28,31,50-52H,6-8,13-18,40H2,1-5H3,(H,41,55)(H,42,56)(H,43,59)(H,44,60)(H,45,53)(H,46,57)(H,47,61)(H,48,58)(H,62,63)/t19-,20-,21-,22-,25-,26-,27-,28-,31-/m0/s1. The number of amides is 9. The lowest BCUT2D eigenvalue weighted by molar-refractivity contribution is -0.143. The number of aliphatic hydroxyl groups is 2. The Bertz CT molecular complexity index is 1820. The Morgan fingerprint density at radius 2 is 1.24 bits per heavy atom. The summed E-state index contributed by atoms with van der Waals surface area (Å²) in [5.74, 6) is -9.38. The zero-order valence-electron chi connectivity index (χ0n) is 35.8. The molecule has 9 atom stereocenters. The van der Waals surface area contributed by atoms with Crippen molar-refractivity contribution in [2.45, 2.75) is 109 Å². The number of benzene rings is 1. The number of carboxylic acid groups (broad SMARTS) is 1. The predicted molar refractivity (Wildman–Crippen MR) is 220 cm³/mol. The van der Waals surface area contributed by atoms with Crippen molar-refractivity contribution < 1.29 is 68.4 Å². The zero-order valence-corrected chi connectivity index (χ0v) is 35.8. The maximum atomic E-state index is 13.9. The Labute approximate surface area is 363 Å². The van der Waals surface area contributed by atoms with Crippen LogP contribution in [0.1, 0.15) is 59.4 Å². The summed E-state index contributed by atoms with van der Waals surface area (Å²) in [6.45, 7) is 4.78. The fourth-order valence-electron chi connectivity index (χ4n) is 6.15. The van der Waals surface area contributed by atoms with Crippen LogP contribution in [0.5, 0.6) is 5.75 Å². The van der Waals surface area contributed by atoms with Gasteiger partial charge in [-0.15, -0.1) is 0 Å². The van der Waals surface area contributed by atoms with E-state index < -0.39 is 133 Å². The fraction of sp³-hybridized carbons (Fsp3) is 0.590. The first kappa shape index (κ1) is 52.7. The van der Waals surface area contributed by atoms with E-state index in [0.717, 1.165) is 0 Å². The number of nitrogens with one attached hydrogen (secondary N) is 8. The van der Waals surface area contributed by atoms with Crippen LogP contribution in [0.15, 0.2) is 24.3 Å². The quantitative estimate of drug-likeness (QED) is 0.0461. The Morgan fingerprint density at radius 1 is 0.698 bits per heavy atom. The molecule has 0 bridgehead atoms. The van der Waals surface area contributed by atoms with E-state index in [9.17, 15) is 58.2 Å². The molecule has 350 valence electrons. The monoisotopic (exact) mass is 892 g/mol. The molecule has 0 saturated carbocycles. The number of aliphatic hydroxyl groups excluding tert-OH is 2. The minimum absolute atomic E-state index is 0.0729. The van der Waals surface area contributed by atoms with Gasteiger partial charge in [-0.1, -0.05) is 32.4 Å². The van der Waals surface area contributed by atoms with E-state index in [2.05, 4.69) is 37.2 Å². The van der Waals surface area contributed by atoms with E-state index in [1.54, 1.807) is 13.8 Å². The van der Waals surface area contributed by atoms with Crippen molar-refractivity contribution in [3.63, 3.8) is 0 Å². The molecule has 0 spiro atoms. The number of phenolic OH excluding ortho intramolecular Hbond substituents is 1. The number of nitrogens with zero attached hydrogens (tertiary/aromatic N) is 1. The Hall–Kier alpha value is -6.40. The highest BCUT2D eigenvalue weighted by Crippen LogP contribution is 2.18. The smallest absolute Gasteiger partial charge is 0.328 e. The topological polar surface area (TPSA) is 377 Å². The van der Waals surface area contributed by atoms with Crippen LogP contribution in [0.2, 0.25) is 0 Å². The van der Waals surface area contributed by atoms with Crippen LogP contribution in [0.25, 0.3) is 0 Å². The van der Waals surface area contributed by atoms with Gasteiger partial charge in [0.2, 0.25) is 53.2 Å². The SMILES string of the molecule is CC[C@H](C)[C@H](NC(=O)[C@H](Cc1ccc(O)cc1)NC(=O)[C@H](C)NC(=O)[C@H](C)NC(=O)[C@@H]1CCCN1C(=O)CN)C(=O)N[C@@H](CO)C(=O)N[C@@H](C)C(=O)NCC(=O)N[C@@H](CO)C(=O)O. The fourth-order valence-corrected chi connectivity index (χ4v) is 6.15. The minimum atomic E-state index is -1.64. The number of phenols is 1. The molecule has 0 aromatic heterocycles. The molecule has 1 saturated heterocycles. The highest BCUT2D eigenvalue weighted by Gasteiger charge is 2.36. The van der Waals surface area contributed by atoms with E-state index in [1.165, 1.54) is 49.9 Å². The average Bonchev–Trinajstić information content (AvgIpc) is 3.75. The van der Waals surface area contributed by atoms with Gasteiger partial charge in [0.15, 0.2) is 0 Å². The molecule has 24 heteroatoms. The number of rotatable bonds is 24. The first-order valence-electron chi connectivity index (χ1n) is 20.3. The van der Waals surface area contributed by atoms with Crippen LogP contribution < -0.4 is 48.3 Å². The largest absolute Gasteiger partial charge is 0.508 e. The molecule has 2 rings (SSSR count). The summed E-state index contributed by atoms with van der Waals surface area (Å²) in [6, 6.07) is -4.82. The molecular formula is C39H60N10O14. The van der Waals surface area contributed by atoms with Gasteiger partial charge >= 0.3 is 5.97 Å². The number of carboxylic acids is 1. The zero-order chi connectivity index (χ0) is 47.6. The van der Waals surface area contributed by atoms with Crippen LogP contribution in [-0.2, 0) is 54.4 Å². The molecule has 24 nitrogen and oxygen atoms in total. The molecular weight excluding hydrogens is 832 g/mol. The molecule has 0 aliphatic carbocycles. The Balaban J connectivity index is 2.15. The van der Waals surface area contributed by atoms with Crippen LogP contribution in [-0.4, -0.2) is 166 Å². The summed E-state index contributed by atoms with van der Waals surface area (Å²) < 4.78 is 0.